The van der Waals surface area contributed by atoms with Crippen molar-refractivity contribution < 1.29 is 14.4 Å². The number of carbonyl (C=O) groups excluding carboxylic acids is 3. The molecule has 0 aliphatic heterocycles. The zero-order valence-electron chi connectivity index (χ0n) is 25.4. The SMILES string of the molecule is CN(Cc1ccccc1)C(=O)[C@H](Cc1ccc2ccccc2c1)NC(=O)[C@@H]1[C@H]2CC[C@H](C2)[C@@H]1NC(=O)c1c[nH]c2ccccc12. The summed E-state index contributed by atoms with van der Waals surface area (Å²) in [6.45, 7) is 0.446. The Bertz CT molecular complexity index is 1870. The minimum absolute atomic E-state index is 0.136. The van der Waals surface area contributed by atoms with Crippen LogP contribution in [-0.2, 0) is 22.6 Å². The molecule has 45 heavy (non-hydrogen) atoms. The van der Waals surface area contributed by atoms with E-state index in [1.54, 1.807) is 18.1 Å². The maximum Gasteiger partial charge on any atom is 0.253 e. The van der Waals surface area contributed by atoms with Gasteiger partial charge in [0.1, 0.15) is 6.04 Å². The molecular weight excluding hydrogens is 560 g/mol. The molecule has 5 atom stereocenters. The highest BCUT2D eigenvalue weighted by atomic mass is 16.2. The average molecular weight is 599 g/mol. The van der Waals surface area contributed by atoms with E-state index in [2.05, 4.69) is 39.9 Å². The number of likely N-dealkylation sites (N-methyl/N-ethyl adjacent to an activating group) is 1. The number of H-pyrrole nitrogens is 1. The van der Waals surface area contributed by atoms with Crippen LogP contribution < -0.4 is 10.6 Å². The Balaban J connectivity index is 1.13. The molecule has 1 heterocycles. The fourth-order valence-electron chi connectivity index (χ4n) is 7.64. The summed E-state index contributed by atoms with van der Waals surface area (Å²) in [7, 11) is 1.79. The van der Waals surface area contributed by atoms with E-state index >= 15 is 0 Å². The summed E-state index contributed by atoms with van der Waals surface area (Å²) in [4.78, 5) is 46.6. The molecule has 3 N–H and O–H groups in total. The van der Waals surface area contributed by atoms with Crippen molar-refractivity contribution in [1.82, 2.24) is 20.5 Å². The first-order chi connectivity index (χ1) is 21.9. The third-order valence-corrected chi connectivity index (χ3v) is 9.86. The molecule has 2 aliphatic rings. The minimum Gasteiger partial charge on any atom is -0.360 e. The van der Waals surface area contributed by atoms with Crippen molar-refractivity contribution in [3.8, 4) is 0 Å². The van der Waals surface area contributed by atoms with Crippen LogP contribution in [0.5, 0.6) is 0 Å². The fourth-order valence-corrected chi connectivity index (χ4v) is 7.64. The highest BCUT2D eigenvalue weighted by molar-refractivity contribution is 6.07. The number of aromatic amines is 1. The van der Waals surface area contributed by atoms with Crippen LogP contribution in [0, 0.1) is 17.8 Å². The first-order valence-corrected chi connectivity index (χ1v) is 15.9. The molecule has 0 radical (unpaired) electrons. The van der Waals surface area contributed by atoms with Crippen LogP contribution in [0.4, 0.5) is 0 Å². The molecule has 7 heteroatoms. The number of hydrogen-bond acceptors (Lipinski definition) is 3. The van der Waals surface area contributed by atoms with Crippen LogP contribution in [0.15, 0.2) is 103 Å². The van der Waals surface area contributed by atoms with Crippen LogP contribution in [0.2, 0.25) is 0 Å². The molecule has 4 aromatic carbocycles. The van der Waals surface area contributed by atoms with Gasteiger partial charge in [-0.1, -0.05) is 91.0 Å². The van der Waals surface area contributed by atoms with Gasteiger partial charge in [0.15, 0.2) is 0 Å². The molecule has 7 nitrogen and oxygen atoms in total. The van der Waals surface area contributed by atoms with Crippen molar-refractivity contribution in [3.63, 3.8) is 0 Å². The van der Waals surface area contributed by atoms with Gasteiger partial charge < -0.3 is 20.5 Å². The number of rotatable bonds is 9. The largest absolute Gasteiger partial charge is 0.360 e. The number of carbonyl (C=O) groups is 3. The van der Waals surface area contributed by atoms with Crippen molar-refractivity contribution in [1.29, 1.82) is 0 Å². The smallest absolute Gasteiger partial charge is 0.253 e. The molecule has 1 aromatic heterocycles. The normalized spacial score (nSPS) is 21.1. The van der Waals surface area contributed by atoms with E-state index in [-0.39, 0.29) is 41.5 Å². The molecule has 2 bridgehead atoms. The van der Waals surface area contributed by atoms with Crippen molar-refractivity contribution in [3.05, 3.63) is 120 Å². The second-order valence-electron chi connectivity index (χ2n) is 12.7. The third kappa shape index (κ3) is 5.82. The maximum absolute atomic E-state index is 14.2. The van der Waals surface area contributed by atoms with Gasteiger partial charge in [-0.2, -0.15) is 0 Å². The standard InChI is InChI=1S/C38H38N4O3/c1-42(23-24-9-3-2-4-10-24)38(45)33(20-25-15-16-26-11-5-6-12-27(26)19-25)40-37(44)34-28-17-18-29(21-28)35(34)41-36(43)31-22-39-32-14-8-7-13-30(31)32/h2-16,19,22,28-29,33-35,39H,17-18,20-21,23H2,1H3,(H,40,44)(H,41,43)/t28-,29+,33-,34+,35-/m0/s1. The van der Waals surface area contributed by atoms with Gasteiger partial charge in [0.25, 0.3) is 5.91 Å². The lowest BCUT2D eigenvalue weighted by Gasteiger charge is -2.33. The average Bonchev–Trinajstić information content (AvgIpc) is 3.80. The second-order valence-corrected chi connectivity index (χ2v) is 12.7. The van der Waals surface area contributed by atoms with Gasteiger partial charge in [-0.25, -0.2) is 0 Å². The Labute approximate surface area is 263 Å². The van der Waals surface area contributed by atoms with Crippen LogP contribution in [0.1, 0.15) is 40.7 Å². The number of nitrogens with zero attached hydrogens (tertiary/aromatic N) is 1. The van der Waals surface area contributed by atoms with Crippen LogP contribution in [0.3, 0.4) is 0 Å². The van der Waals surface area contributed by atoms with Crippen molar-refractivity contribution in [2.75, 3.05) is 7.05 Å². The van der Waals surface area contributed by atoms with Gasteiger partial charge in [0, 0.05) is 43.2 Å². The number of para-hydroxylation sites is 1. The Morgan fingerprint density at radius 1 is 0.844 bits per heavy atom. The van der Waals surface area contributed by atoms with Crippen molar-refractivity contribution >= 4 is 39.4 Å². The zero-order valence-corrected chi connectivity index (χ0v) is 25.4. The lowest BCUT2D eigenvalue weighted by Crippen LogP contribution is -2.55. The predicted octanol–water partition coefficient (Wildman–Crippen LogP) is 5.85. The number of hydrogen-bond donors (Lipinski definition) is 3. The summed E-state index contributed by atoms with van der Waals surface area (Å²) in [6.07, 6.45) is 4.98. The number of benzene rings is 4. The molecule has 2 aliphatic carbocycles. The molecule has 3 amide bonds. The second kappa shape index (κ2) is 12.2. The van der Waals surface area contributed by atoms with Crippen LogP contribution >= 0.6 is 0 Å². The third-order valence-electron chi connectivity index (χ3n) is 9.86. The number of nitrogens with one attached hydrogen (secondary N) is 3. The molecule has 0 unspecified atom stereocenters. The highest BCUT2D eigenvalue weighted by Gasteiger charge is 2.52. The van der Waals surface area contributed by atoms with E-state index in [4.69, 9.17) is 0 Å². The number of amides is 3. The Morgan fingerprint density at radius 3 is 2.42 bits per heavy atom. The minimum atomic E-state index is -0.739. The van der Waals surface area contributed by atoms with Gasteiger partial charge in [0.2, 0.25) is 11.8 Å². The highest BCUT2D eigenvalue weighted by Crippen LogP contribution is 2.48. The van der Waals surface area contributed by atoms with Crippen molar-refractivity contribution in [2.45, 2.75) is 44.3 Å². The van der Waals surface area contributed by atoms with Gasteiger partial charge in [-0.05, 0) is 59.1 Å². The molecule has 7 rings (SSSR count). The summed E-state index contributed by atoms with van der Waals surface area (Å²) < 4.78 is 0. The fraction of sp³-hybridized carbons (Fsp3) is 0.289. The Kier molecular flexibility index (Phi) is 7.84. The first-order valence-electron chi connectivity index (χ1n) is 15.9. The van der Waals surface area contributed by atoms with Gasteiger partial charge in [-0.15, -0.1) is 0 Å². The van der Waals surface area contributed by atoms with E-state index in [1.807, 2.05) is 72.8 Å². The predicted molar refractivity (Wildman–Crippen MR) is 176 cm³/mol. The topological polar surface area (TPSA) is 94.3 Å². The summed E-state index contributed by atoms with van der Waals surface area (Å²) in [5, 5.41) is 9.52. The van der Waals surface area contributed by atoms with E-state index in [0.29, 0.717) is 18.5 Å². The summed E-state index contributed by atoms with van der Waals surface area (Å²) in [6, 6.07) is 30.9. The van der Waals surface area contributed by atoms with Crippen LogP contribution in [-0.4, -0.2) is 46.7 Å². The van der Waals surface area contributed by atoms with Crippen LogP contribution in [0.25, 0.3) is 21.7 Å². The van der Waals surface area contributed by atoms with E-state index in [9.17, 15) is 14.4 Å². The molecule has 2 saturated carbocycles. The van der Waals surface area contributed by atoms with E-state index < -0.39 is 6.04 Å². The lowest BCUT2D eigenvalue weighted by molar-refractivity contribution is -0.137. The molecule has 0 saturated heterocycles. The number of fused-ring (bicyclic) bond motifs is 4. The quantitative estimate of drug-likeness (QED) is 0.199. The summed E-state index contributed by atoms with van der Waals surface area (Å²) in [5.74, 6) is -0.419. The van der Waals surface area contributed by atoms with E-state index in [0.717, 1.165) is 52.1 Å². The van der Waals surface area contributed by atoms with Gasteiger partial charge in [-0.3, -0.25) is 14.4 Å². The zero-order chi connectivity index (χ0) is 30.9. The maximum atomic E-state index is 14.2. The molecule has 2 fully saturated rings. The van der Waals surface area contributed by atoms with Gasteiger partial charge in [0.05, 0.1) is 11.5 Å². The molecule has 0 spiro atoms. The lowest BCUT2D eigenvalue weighted by atomic mass is 9.83. The van der Waals surface area contributed by atoms with Gasteiger partial charge >= 0.3 is 0 Å². The molecule has 228 valence electrons. The summed E-state index contributed by atoms with van der Waals surface area (Å²) in [5.41, 5.74) is 3.49. The Hall–Kier alpha value is -4.91. The first kappa shape index (κ1) is 28.8. The Morgan fingerprint density at radius 2 is 1.58 bits per heavy atom. The monoisotopic (exact) mass is 598 g/mol. The van der Waals surface area contributed by atoms with Crippen molar-refractivity contribution in [2.24, 2.45) is 17.8 Å². The summed E-state index contributed by atoms with van der Waals surface area (Å²) >= 11 is 0. The number of aromatic nitrogens is 1. The molecular formula is C38H38N4O3. The van der Waals surface area contributed by atoms with E-state index in [1.165, 1.54) is 0 Å². The molecule has 5 aromatic rings.